The highest BCUT2D eigenvalue weighted by atomic mass is 16.1. The molecule has 20 heavy (non-hydrogen) atoms. The second-order valence-corrected chi connectivity index (χ2v) is 4.01. The molecule has 0 atom stereocenters. The summed E-state index contributed by atoms with van der Waals surface area (Å²) in [5.74, 6) is 1.37. The van der Waals surface area contributed by atoms with E-state index in [4.69, 9.17) is 0 Å². The average molecular weight is 281 g/mol. The highest BCUT2D eigenvalue weighted by molar-refractivity contribution is 5.79. The number of amides is 1. The van der Waals surface area contributed by atoms with Crippen molar-refractivity contribution >= 4 is 23.8 Å². The molecule has 0 unspecified atom stereocenters. The Morgan fingerprint density at radius 3 is 2.15 bits per heavy atom. The molecule has 0 aromatic carbocycles. The molecule has 8 heteroatoms. The predicted molar refractivity (Wildman–Crippen MR) is 80.1 cm³/mol. The van der Waals surface area contributed by atoms with Gasteiger partial charge in [0, 0.05) is 26.7 Å². The van der Waals surface area contributed by atoms with Crippen LogP contribution < -0.4 is 20.9 Å². The number of anilines is 3. The lowest BCUT2D eigenvalue weighted by Gasteiger charge is -2.19. The van der Waals surface area contributed by atoms with Crippen molar-refractivity contribution in [2.75, 3.05) is 48.8 Å². The molecule has 112 valence electrons. The Bertz CT molecular complexity index is 434. The van der Waals surface area contributed by atoms with Crippen LogP contribution in [-0.2, 0) is 4.79 Å². The predicted octanol–water partition coefficient (Wildman–Crippen LogP) is 0.308. The summed E-state index contributed by atoms with van der Waals surface area (Å²) in [5, 5.41) is 8.50. The van der Waals surface area contributed by atoms with Crippen molar-refractivity contribution in [2.45, 2.75) is 20.8 Å². The van der Waals surface area contributed by atoms with Gasteiger partial charge in [-0.3, -0.25) is 4.79 Å². The second-order valence-electron chi connectivity index (χ2n) is 4.01. The summed E-state index contributed by atoms with van der Waals surface area (Å²) in [6.07, 6.45) is 0. The number of likely N-dealkylation sites (N-methyl/N-ethyl adjacent to an activating group) is 1. The van der Waals surface area contributed by atoms with Gasteiger partial charge in [0.15, 0.2) is 0 Å². The van der Waals surface area contributed by atoms with Gasteiger partial charge in [0.2, 0.25) is 23.8 Å². The molecule has 1 aromatic heterocycles. The molecule has 1 rings (SSSR count). The minimum absolute atomic E-state index is 0.125. The Balaban J connectivity index is 2.94. The monoisotopic (exact) mass is 281 g/mol. The van der Waals surface area contributed by atoms with E-state index in [0.29, 0.717) is 17.8 Å². The van der Waals surface area contributed by atoms with Crippen molar-refractivity contribution in [3.63, 3.8) is 0 Å². The first-order valence-electron chi connectivity index (χ1n) is 6.83. The second kappa shape index (κ2) is 8.13. The van der Waals surface area contributed by atoms with Crippen LogP contribution in [0.4, 0.5) is 17.8 Å². The van der Waals surface area contributed by atoms with Crippen LogP contribution >= 0.6 is 0 Å². The van der Waals surface area contributed by atoms with Crippen LogP contribution in [0.25, 0.3) is 0 Å². The fourth-order valence-electron chi connectivity index (χ4n) is 1.58. The molecule has 0 saturated carbocycles. The molecular formula is C12H23N7O. The molecule has 0 spiro atoms. The zero-order valence-electron chi connectivity index (χ0n) is 12.5. The van der Waals surface area contributed by atoms with Crippen molar-refractivity contribution in [2.24, 2.45) is 0 Å². The Hall–Kier alpha value is -2.12. The highest BCUT2D eigenvalue weighted by Gasteiger charge is 2.11. The maximum absolute atomic E-state index is 11.3. The minimum Gasteiger partial charge on any atom is -0.358 e. The summed E-state index contributed by atoms with van der Waals surface area (Å²) < 4.78 is 0. The maximum Gasteiger partial charge on any atom is 0.239 e. The van der Waals surface area contributed by atoms with Crippen LogP contribution in [0.5, 0.6) is 0 Å². The van der Waals surface area contributed by atoms with Crippen molar-refractivity contribution < 1.29 is 4.79 Å². The fourth-order valence-corrected chi connectivity index (χ4v) is 1.58. The Morgan fingerprint density at radius 1 is 1.05 bits per heavy atom. The van der Waals surface area contributed by atoms with E-state index in [-0.39, 0.29) is 12.5 Å². The van der Waals surface area contributed by atoms with Gasteiger partial charge in [0.1, 0.15) is 0 Å². The van der Waals surface area contributed by atoms with Crippen molar-refractivity contribution in [3.05, 3.63) is 0 Å². The smallest absolute Gasteiger partial charge is 0.239 e. The topological polar surface area (TPSA) is 95.1 Å². The Labute approximate surface area is 119 Å². The number of nitrogens with one attached hydrogen (secondary N) is 3. The largest absolute Gasteiger partial charge is 0.358 e. The van der Waals surface area contributed by atoms with E-state index in [1.165, 1.54) is 0 Å². The zero-order valence-corrected chi connectivity index (χ0v) is 12.5. The Morgan fingerprint density at radius 2 is 1.65 bits per heavy atom. The van der Waals surface area contributed by atoms with Gasteiger partial charge >= 0.3 is 0 Å². The standard InChI is InChI=1S/C12H23N7O/c1-5-14-10-16-11(15-8-9(20)13-4)18-12(17-10)19(6-2)7-3/h5-8H2,1-4H3,(H,13,20)(H2,14,15,16,17,18). The van der Waals surface area contributed by atoms with Crippen LogP contribution in [0.15, 0.2) is 0 Å². The summed E-state index contributed by atoms with van der Waals surface area (Å²) in [5.41, 5.74) is 0. The Kier molecular flexibility index (Phi) is 6.48. The van der Waals surface area contributed by atoms with Gasteiger partial charge in [-0.2, -0.15) is 15.0 Å². The van der Waals surface area contributed by atoms with E-state index in [9.17, 15) is 4.79 Å². The number of rotatable bonds is 8. The van der Waals surface area contributed by atoms with Crippen molar-refractivity contribution in [1.82, 2.24) is 20.3 Å². The highest BCUT2D eigenvalue weighted by Crippen LogP contribution is 2.13. The molecule has 1 heterocycles. The van der Waals surface area contributed by atoms with E-state index in [2.05, 4.69) is 30.9 Å². The molecule has 0 bridgehead atoms. The summed E-state index contributed by atoms with van der Waals surface area (Å²) in [7, 11) is 1.59. The summed E-state index contributed by atoms with van der Waals surface area (Å²) >= 11 is 0. The fraction of sp³-hybridized carbons (Fsp3) is 0.667. The summed E-state index contributed by atoms with van der Waals surface area (Å²) in [4.78, 5) is 26.2. The van der Waals surface area contributed by atoms with Gasteiger partial charge in [-0.1, -0.05) is 0 Å². The van der Waals surface area contributed by atoms with Crippen LogP contribution in [-0.4, -0.2) is 54.1 Å². The SMILES string of the molecule is CCNc1nc(NCC(=O)NC)nc(N(CC)CC)n1. The number of carbonyl (C=O) groups excluding carboxylic acids is 1. The molecule has 0 aliphatic rings. The number of hydrogen-bond donors (Lipinski definition) is 3. The van der Waals surface area contributed by atoms with E-state index < -0.39 is 0 Å². The molecule has 0 radical (unpaired) electrons. The van der Waals surface area contributed by atoms with Crippen LogP contribution in [0.2, 0.25) is 0 Å². The molecule has 8 nitrogen and oxygen atoms in total. The quantitative estimate of drug-likeness (QED) is 0.631. The van der Waals surface area contributed by atoms with Gasteiger partial charge in [0.25, 0.3) is 0 Å². The molecule has 1 amide bonds. The normalized spacial score (nSPS) is 10.0. The molecule has 0 fully saturated rings. The number of aromatic nitrogens is 3. The molecule has 0 aliphatic heterocycles. The lowest BCUT2D eigenvalue weighted by molar-refractivity contribution is -0.118. The third-order valence-corrected chi connectivity index (χ3v) is 2.69. The average Bonchev–Trinajstić information content (AvgIpc) is 2.46. The van der Waals surface area contributed by atoms with E-state index in [0.717, 1.165) is 19.6 Å². The minimum atomic E-state index is -0.125. The van der Waals surface area contributed by atoms with Crippen LogP contribution in [0.1, 0.15) is 20.8 Å². The van der Waals surface area contributed by atoms with Gasteiger partial charge in [-0.25, -0.2) is 0 Å². The maximum atomic E-state index is 11.3. The first-order chi connectivity index (χ1) is 9.64. The molecule has 1 aromatic rings. The molecule has 3 N–H and O–H groups in total. The summed E-state index contributed by atoms with van der Waals surface area (Å²) in [6, 6.07) is 0. The lowest BCUT2D eigenvalue weighted by Crippen LogP contribution is -2.28. The van der Waals surface area contributed by atoms with E-state index >= 15 is 0 Å². The third-order valence-electron chi connectivity index (χ3n) is 2.69. The molecule has 0 saturated heterocycles. The van der Waals surface area contributed by atoms with Gasteiger partial charge in [-0.05, 0) is 20.8 Å². The number of hydrogen-bond acceptors (Lipinski definition) is 7. The third kappa shape index (κ3) is 4.52. The van der Waals surface area contributed by atoms with Gasteiger partial charge in [-0.15, -0.1) is 0 Å². The van der Waals surface area contributed by atoms with Gasteiger partial charge < -0.3 is 20.9 Å². The molecule has 0 aliphatic carbocycles. The lowest BCUT2D eigenvalue weighted by atomic mass is 10.5. The van der Waals surface area contributed by atoms with Crippen LogP contribution in [0.3, 0.4) is 0 Å². The first kappa shape index (κ1) is 15.9. The number of carbonyl (C=O) groups is 1. The van der Waals surface area contributed by atoms with Crippen molar-refractivity contribution in [1.29, 1.82) is 0 Å². The van der Waals surface area contributed by atoms with Crippen LogP contribution in [0, 0.1) is 0 Å². The van der Waals surface area contributed by atoms with E-state index in [1.807, 2.05) is 25.7 Å². The first-order valence-corrected chi connectivity index (χ1v) is 6.83. The van der Waals surface area contributed by atoms with Crippen molar-refractivity contribution in [3.8, 4) is 0 Å². The van der Waals surface area contributed by atoms with E-state index in [1.54, 1.807) is 7.05 Å². The number of nitrogens with zero attached hydrogens (tertiary/aromatic N) is 4. The molecular weight excluding hydrogens is 258 g/mol. The zero-order chi connectivity index (χ0) is 15.0. The van der Waals surface area contributed by atoms with Gasteiger partial charge in [0.05, 0.1) is 6.54 Å². The summed E-state index contributed by atoms with van der Waals surface area (Å²) in [6.45, 7) is 8.51.